The van der Waals surface area contributed by atoms with Crippen LogP contribution in [-0.2, 0) is 6.54 Å². The first kappa shape index (κ1) is 14.1. The van der Waals surface area contributed by atoms with Crippen LogP contribution >= 0.6 is 0 Å². The van der Waals surface area contributed by atoms with Gasteiger partial charge in [0.2, 0.25) is 0 Å². The van der Waals surface area contributed by atoms with E-state index >= 15 is 0 Å². The summed E-state index contributed by atoms with van der Waals surface area (Å²) in [7, 11) is 1.99. The summed E-state index contributed by atoms with van der Waals surface area (Å²) in [6.07, 6.45) is 3.46. The van der Waals surface area contributed by atoms with Crippen LogP contribution in [0.3, 0.4) is 0 Å². The number of hydrogen-bond donors (Lipinski definition) is 1. The van der Waals surface area contributed by atoms with Gasteiger partial charge in [-0.05, 0) is 44.0 Å². The molecule has 1 aromatic heterocycles. The monoisotopic (exact) mass is 259 g/mol. The highest BCUT2D eigenvalue weighted by atomic mass is 15.2. The molecule has 3 nitrogen and oxygen atoms in total. The summed E-state index contributed by atoms with van der Waals surface area (Å²) in [5, 5.41) is 3.23. The molecule has 0 fully saturated rings. The van der Waals surface area contributed by atoms with E-state index in [0.29, 0.717) is 5.92 Å². The minimum Gasteiger partial charge on any atom is -0.352 e. The van der Waals surface area contributed by atoms with Crippen LogP contribution in [0.5, 0.6) is 0 Å². The predicted molar refractivity (Wildman–Crippen MR) is 81.7 cm³/mol. The van der Waals surface area contributed by atoms with Gasteiger partial charge in [0.1, 0.15) is 5.82 Å². The lowest BCUT2D eigenvalue weighted by Crippen LogP contribution is -2.30. The molecule has 0 aliphatic carbocycles. The van der Waals surface area contributed by atoms with Crippen LogP contribution in [0, 0.1) is 0 Å². The first-order valence-electron chi connectivity index (χ1n) is 7.16. The minimum atomic E-state index is 0.469. The molecule has 104 valence electrons. The molecule has 0 saturated heterocycles. The Bertz CT molecular complexity index is 463. The van der Waals surface area contributed by atoms with Crippen molar-refractivity contribution in [1.82, 2.24) is 10.3 Å². The molecule has 0 radical (unpaired) electrons. The van der Waals surface area contributed by atoms with E-state index in [0.717, 1.165) is 31.9 Å². The Morgan fingerprint density at radius 2 is 2.16 bits per heavy atom. The number of nitrogens with one attached hydrogen (secondary N) is 1. The fourth-order valence-corrected chi connectivity index (χ4v) is 2.47. The van der Waals surface area contributed by atoms with Gasteiger partial charge in [0.25, 0.3) is 0 Å². The lowest BCUT2D eigenvalue weighted by atomic mass is 10.1. The van der Waals surface area contributed by atoms with E-state index in [1.54, 1.807) is 0 Å². The number of pyridine rings is 1. The highest BCUT2D eigenvalue weighted by Crippen LogP contribution is 2.23. The topological polar surface area (TPSA) is 28.2 Å². The van der Waals surface area contributed by atoms with E-state index in [-0.39, 0.29) is 0 Å². The van der Waals surface area contributed by atoms with Gasteiger partial charge >= 0.3 is 0 Å². The molecule has 2 rings (SSSR count). The van der Waals surface area contributed by atoms with Crippen molar-refractivity contribution in [3.8, 4) is 0 Å². The van der Waals surface area contributed by atoms with E-state index in [1.165, 1.54) is 16.8 Å². The Hall–Kier alpha value is -1.35. The highest BCUT2D eigenvalue weighted by molar-refractivity contribution is 5.45. The average Bonchev–Trinajstić information content (AvgIpc) is 2.38. The summed E-state index contributed by atoms with van der Waals surface area (Å²) in [4.78, 5) is 7.23. The fourth-order valence-electron chi connectivity index (χ4n) is 2.47. The average molecular weight is 259 g/mol. The number of rotatable bonds is 4. The molecular weight excluding hydrogens is 234 g/mol. The second kappa shape index (κ2) is 6.20. The summed E-state index contributed by atoms with van der Waals surface area (Å²) in [5.74, 6) is 1.60. The Morgan fingerprint density at radius 3 is 2.79 bits per heavy atom. The maximum atomic E-state index is 4.84. The zero-order valence-corrected chi connectivity index (χ0v) is 12.5. The molecule has 1 aromatic rings. The van der Waals surface area contributed by atoms with Gasteiger partial charge in [-0.2, -0.15) is 0 Å². The molecule has 0 unspecified atom stereocenters. The Labute approximate surface area is 116 Å². The van der Waals surface area contributed by atoms with Gasteiger partial charge in [-0.1, -0.05) is 25.5 Å². The molecule has 0 bridgehead atoms. The van der Waals surface area contributed by atoms with Crippen molar-refractivity contribution in [2.45, 2.75) is 39.7 Å². The molecule has 1 aliphatic heterocycles. The first-order chi connectivity index (χ1) is 9.10. The number of nitrogens with zero attached hydrogens (tertiary/aromatic N) is 2. The quantitative estimate of drug-likeness (QED) is 0.842. The molecule has 2 heterocycles. The van der Waals surface area contributed by atoms with Crippen LogP contribution in [0.25, 0.3) is 0 Å². The largest absolute Gasteiger partial charge is 0.352 e. The van der Waals surface area contributed by atoms with Crippen molar-refractivity contribution in [3.05, 3.63) is 35.0 Å². The predicted octanol–water partition coefficient (Wildman–Crippen LogP) is 3.08. The van der Waals surface area contributed by atoms with Gasteiger partial charge < -0.3 is 10.2 Å². The van der Waals surface area contributed by atoms with Crippen molar-refractivity contribution in [2.75, 3.05) is 25.0 Å². The van der Waals surface area contributed by atoms with Crippen molar-refractivity contribution < 1.29 is 0 Å². The van der Waals surface area contributed by atoms with Crippen molar-refractivity contribution >= 4 is 5.82 Å². The lowest BCUT2D eigenvalue weighted by molar-refractivity contribution is 0.748. The van der Waals surface area contributed by atoms with Crippen LogP contribution in [0.1, 0.15) is 44.4 Å². The van der Waals surface area contributed by atoms with E-state index < -0.39 is 0 Å². The third kappa shape index (κ3) is 3.57. The first-order valence-corrected chi connectivity index (χ1v) is 7.16. The molecule has 0 saturated carbocycles. The fraction of sp³-hybridized carbons (Fsp3) is 0.562. The second-order valence-corrected chi connectivity index (χ2v) is 5.70. The van der Waals surface area contributed by atoms with Crippen LogP contribution in [0.15, 0.2) is 23.8 Å². The van der Waals surface area contributed by atoms with E-state index in [1.807, 2.05) is 7.05 Å². The van der Waals surface area contributed by atoms with Gasteiger partial charge in [-0.25, -0.2) is 4.98 Å². The molecule has 0 amide bonds. The molecule has 1 aliphatic rings. The van der Waals surface area contributed by atoms with Gasteiger partial charge in [-0.15, -0.1) is 0 Å². The standard InChI is InChI=1S/C16H25N3/c1-12(2)15-8-14(10-17-4)9-16(18-15)19-7-5-6-13(3)11-19/h6,8-9,12,17H,5,7,10-11H2,1-4H3. The molecule has 1 N–H and O–H groups in total. The van der Waals surface area contributed by atoms with E-state index in [4.69, 9.17) is 4.98 Å². The summed E-state index contributed by atoms with van der Waals surface area (Å²) in [5.41, 5.74) is 3.96. The normalized spacial score (nSPS) is 15.8. The maximum absolute atomic E-state index is 4.84. The van der Waals surface area contributed by atoms with Crippen LogP contribution < -0.4 is 10.2 Å². The SMILES string of the molecule is CNCc1cc(C(C)C)nc(N2CCC=C(C)C2)c1. The minimum absolute atomic E-state index is 0.469. The Kier molecular flexibility index (Phi) is 4.59. The van der Waals surface area contributed by atoms with Crippen LogP contribution in [0.4, 0.5) is 5.82 Å². The molecular formula is C16H25N3. The second-order valence-electron chi connectivity index (χ2n) is 5.70. The van der Waals surface area contributed by atoms with Gasteiger partial charge in [0.15, 0.2) is 0 Å². The number of aromatic nitrogens is 1. The van der Waals surface area contributed by atoms with Gasteiger partial charge in [0, 0.05) is 25.3 Å². The van der Waals surface area contributed by atoms with Crippen molar-refractivity contribution in [2.24, 2.45) is 0 Å². The Morgan fingerprint density at radius 1 is 1.37 bits per heavy atom. The van der Waals surface area contributed by atoms with Crippen molar-refractivity contribution in [3.63, 3.8) is 0 Å². The smallest absolute Gasteiger partial charge is 0.129 e. The molecule has 0 atom stereocenters. The third-order valence-electron chi connectivity index (χ3n) is 3.52. The number of hydrogen-bond acceptors (Lipinski definition) is 3. The van der Waals surface area contributed by atoms with E-state index in [2.05, 4.69) is 49.2 Å². The zero-order valence-electron chi connectivity index (χ0n) is 12.5. The van der Waals surface area contributed by atoms with Gasteiger partial charge in [-0.3, -0.25) is 0 Å². The Balaban J connectivity index is 2.30. The lowest BCUT2D eigenvalue weighted by Gasteiger charge is -2.28. The van der Waals surface area contributed by atoms with Crippen LogP contribution in [0.2, 0.25) is 0 Å². The third-order valence-corrected chi connectivity index (χ3v) is 3.52. The van der Waals surface area contributed by atoms with Gasteiger partial charge in [0.05, 0.1) is 0 Å². The summed E-state index contributed by atoms with van der Waals surface area (Å²) in [6, 6.07) is 4.44. The molecule has 0 aromatic carbocycles. The molecule has 19 heavy (non-hydrogen) atoms. The zero-order chi connectivity index (χ0) is 13.8. The molecule has 0 spiro atoms. The maximum Gasteiger partial charge on any atom is 0.129 e. The summed E-state index contributed by atoms with van der Waals surface area (Å²) >= 11 is 0. The summed E-state index contributed by atoms with van der Waals surface area (Å²) in [6.45, 7) is 9.59. The highest BCUT2D eigenvalue weighted by Gasteiger charge is 2.14. The summed E-state index contributed by atoms with van der Waals surface area (Å²) < 4.78 is 0. The van der Waals surface area contributed by atoms with Crippen LogP contribution in [-0.4, -0.2) is 25.1 Å². The van der Waals surface area contributed by atoms with Crippen molar-refractivity contribution in [1.29, 1.82) is 0 Å². The molecule has 3 heteroatoms. The number of anilines is 1. The van der Waals surface area contributed by atoms with E-state index in [9.17, 15) is 0 Å².